The molecule has 1 aliphatic rings. The van der Waals surface area contributed by atoms with Gasteiger partial charge in [-0.1, -0.05) is 31.2 Å². The summed E-state index contributed by atoms with van der Waals surface area (Å²) in [7, 11) is 2.91. The van der Waals surface area contributed by atoms with Crippen molar-refractivity contribution in [3.05, 3.63) is 70.9 Å². The molecule has 2 aromatic carbocycles. The van der Waals surface area contributed by atoms with E-state index in [1.165, 1.54) is 7.11 Å². The molecule has 2 N–H and O–H groups in total. The number of carbonyl (C=O) groups excluding carboxylic acids is 3. The molecule has 3 amide bonds. The monoisotopic (exact) mass is 451 g/mol. The number of urea groups is 1. The number of nitrogens with zero attached hydrogens (tertiary/aromatic N) is 1. The van der Waals surface area contributed by atoms with Gasteiger partial charge in [-0.25, -0.2) is 9.59 Å². The average Bonchev–Trinajstić information content (AvgIpc) is 2.81. The second-order valence-corrected chi connectivity index (χ2v) is 7.72. The van der Waals surface area contributed by atoms with Crippen LogP contribution in [0.25, 0.3) is 0 Å². The summed E-state index contributed by atoms with van der Waals surface area (Å²) < 4.78 is 10.1. The van der Waals surface area contributed by atoms with E-state index in [1.54, 1.807) is 55.3 Å². The van der Waals surface area contributed by atoms with Gasteiger partial charge in [0.15, 0.2) is 0 Å². The van der Waals surface area contributed by atoms with Crippen LogP contribution in [0.4, 0.5) is 10.5 Å². The highest BCUT2D eigenvalue weighted by atomic mass is 16.5. The minimum Gasteiger partial charge on any atom is -0.497 e. The van der Waals surface area contributed by atoms with Crippen LogP contribution >= 0.6 is 0 Å². The molecule has 0 bridgehead atoms. The van der Waals surface area contributed by atoms with Crippen molar-refractivity contribution in [3.63, 3.8) is 0 Å². The van der Waals surface area contributed by atoms with Gasteiger partial charge in [-0.3, -0.25) is 9.69 Å². The number of anilines is 1. The van der Waals surface area contributed by atoms with Gasteiger partial charge in [0.05, 0.1) is 32.3 Å². The van der Waals surface area contributed by atoms with Gasteiger partial charge in [-0.05, 0) is 48.7 Å². The molecule has 0 aliphatic carbocycles. The van der Waals surface area contributed by atoms with Gasteiger partial charge in [0.2, 0.25) is 5.91 Å². The van der Waals surface area contributed by atoms with Crippen LogP contribution in [0.5, 0.6) is 5.75 Å². The van der Waals surface area contributed by atoms with Crippen molar-refractivity contribution < 1.29 is 23.9 Å². The Balaban J connectivity index is 1.82. The summed E-state index contributed by atoms with van der Waals surface area (Å²) in [5.74, 6) is 0.0372. The third-order valence-corrected chi connectivity index (χ3v) is 5.48. The van der Waals surface area contributed by atoms with E-state index in [1.807, 2.05) is 19.1 Å². The van der Waals surface area contributed by atoms with Crippen molar-refractivity contribution in [2.75, 3.05) is 26.1 Å². The van der Waals surface area contributed by atoms with E-state index in [2.05, 4.69) is 10.6 Å². The molecule has 0 aromatic heterocycles. The smallest absolute Gasteiger partial charge is 0.337 e. The van der Waals surface area contributed by atoms with Gasteiger partial charge in [0.1, 0.15) is 5.75 Å². The predicted molar refractivity (Wildman–Crippen MR) is 125 cm³/mol. The second-order valence-electron chi connectivity index (χ2n) is 7.72. The van der Waals surface area contributed by atoms with Crippen LogP contribution in [0.15, 0.2) is 59.8 Å². The van der Waals surface area contributed by atoms with Crippen molar-refractivity contribution in [1.82, 2.24) is 10.2 Å². The van der Waals surface area contributed by atoms with Crippen molar-refractivity contribution in [3.8, 4) is 5.75 Å². The van der Waals surface area contributed by atoms with Crippen LogP contribution in [0.1, 0.15) is 37.4 Å². The topological polar surface area (TPSA) is 97.0 Å². The first kappa shape index (κ1) is 23.8. The van der Waals surface area contributed by atoms with Gasteiger partial charge < -0.3 is 20.1 Å². The molecule has 1 atom stereocenters. The maximum absolute atomic E-state index is 12.7. The maximum atomic E-state index is 12.7. The molecule has 8 nitrogen and oxygen atoms in total. The van der Waals surface area contributed by atoms with Crippen molar-refractivity contribution in [2.45, 2.75) is 32.7 Å². The normalized spacial score (nSPS) is 15.7. The summed E-state index contributed by atoms with van der Waals surface area (Å²) in [6.07, 6.45) is 0.951. The minimum atomic E-state index is -0.684. The number of amides is 3. The third-order valence-electron chi connectivity index (χ3n) is 5.48. The minimum absolute atomic E-state index is 0.181. The average molecular weight is 452 g/mol. The van der Waals surface area contributed by atoms with E-state index in [9.17, 15) is 14.4 Å². The molecule has 1 heterocycles. The number of carbonyl (C=O) groups is 3. The zero-order chi connectivity index (χ0) is 24.0. The Morgan fingerprint density at radius 1 is 1.12 bits per heavy atom. The lowest BCUT2D eigenvalue weighted by Gasteiger charge is -2.35. The van der Waals surface area contributed by atoms with Gasteiger partial charge in [0, 0.05) is 17.9 Å². The lowest BCUT2D eigenvalue weighted by molar-refractivity contribution is -0.136. The Morgan fingerprint density at radius 2 is 1.85 bits per heavy atom. The number of esters is 1. The van der Waals surface area contributed by atoms with Crippen LogP contribution in [-0.2, 0) is 20.7 Å². The number of methoxy groups -OCH3 is 2. The van der Waals surface area contributed by atoms with Crippen LogP contribution in [0, 0.1) is 0 Å². The van der Waals surface area contributed by atoms with Crippen LogP contribution in [0.3, 0.4) is 0 Å². The van der Waals surface area contributed by atoms with Crippen LogP contribution in [0.2, 0.25) is 0 Å². The molecule has 0 spiro atoms. The quantitative estimate of drug-likeness (QED) is 0.595. The summed E-state index contributed by atoms with van der Waals surface area (Å²) in [6.45, 7) is 4.20. The summed E-state index contributed by atoms with van der Waals surface area (Å²) >= 11 is 0. The van der Waals surface area contributed by atoms with Gasteiger partial charge >= 0.3 is 12.0 Å². The van der Waals surface area contributed by atoms with E-state index < -0.39 is 12.0 Å². The van der Waals surface area contributed by atoms with Crippen molar-refractivity contribution in [2.24, 2.45) is 0 Å². The first-order chi connectivity index (χ1) is 15.9. The first-order valence-electron chi connectivity index (χ1n) is 10.8. The number of nitrogens with one attached hydrogen (secondary N) is 2. The fourth-order valence-electron chi connectivity index (χ4n) is 3.83. The fraction of sp³-hybridized carbons (Fsp3) is 0.320. The van der Waals surface area contributed by atoms with Crippen LogP contribution < -0.4 is 15.4 Å². The molecular formula is C25H29N3O5. The Bertz CT molecular complexity index is 1060. The first-order valence-corrected chi connectivity index (χ1v) is 10.8. The Kier molecular flexibility index (Phi) is 7.71. The number of ether oxygens (including phenoxy) is 2. The van der Waals surface area contributed by atoms with Crippen molar-refractivity contribution in [1.29, 1.82) is 0 Å². The molecule has 174 valence electrons. The lowest BCUT2D eigenvalue weighted by Crippen LogP contribution is -2.48. The number of allylic oxidation sites excluding steroid dienone is 1. The van der Waals surface area contributed by atoms with E-state index in [4.69, 9.17) is 9.47 Å². The molecule has 0 radical (unpaired) electrons. The summed E-state index contributed by atoms with van der Waals surface area (Å²) in [4.78, 5) is 39.4. The highest BCUT2D eigenvalue weighted by Crippen LogP contribution is 2.32. The van der Waals surface area contributed by atoms with Gasteiger partial charge in [-0.2, -0.15) is 0 Å². The van der Waals surface area contributed by atoms with Crippen LogP contribution in [-0.4, -0.2) is 43.6 Å². The third kappa shape index (κ3) is 5.52. The molecular weight excluding hydrogens is 422 g/mol. The molecule has 0 fully saturated rings. The van der Waals surface area contributed by atoms with Crippen molar-refractivity contribution >= 4 is 23.6 Å². The fourth-order valence-corrected chi connectivity index (χ4v) is 3.83. The number of benzene rings is 2. The standard InChI is InChI=1S/C25H29N3O5/c1-5-13-28-16(2)22(24(30)33-4)23(27-25(28)31)18-7-6-8-19(15-18)26-21(29)14-17-9-11-20(32-3)12-10-17/h6-12,15,23H,5,13-14H2,1-4H3,(H,26,29)(H,27,31). The zero-order valence-electron chi connectivity index (χ0n) is 19.3. The Hall–Kier alpha value is -3.81. The SMILES string of the molecule is CCCN1C(=O)NC(c2cccc(NC(=O)Cc3ccc(OC)cc3)c2)C(C(=O)OC)=C1C. The van der Waals surface area contributed by atoms with E-state index in [0.29, 0.717) is 29.1 Å². The molecule has 0 saturated carbocycles. The predicted octanol–water partition coefficient (Wildman–Crippen LogP) is 3.80. The Morgan fingerprint density at radius 3 is 2.48 bits per heavy atom. The Labute approximate surface area is 193 Å². The largest absolute Gasteiger partial charge is 0.497 e. The highest BCUT2D eigenvalue weighted by Gasteiger charge is 2.36. The number of hydrogen-bond acceptors (Lipinski definition) is 5. The van der Waals surface area contributed by atoms with Gasteiger partial charge in [-0.15, -0.1) is 0 Å². The second kappa shape index (κ2) is 10.7. The molecule has 8 heteroatoms. The summed E-state index contributed by atoms with van der Waals surface area (Å²) in [5.41, 5.74) is 3.02. The molecule has 1 aliphatic heterocycles. The summed E-state index contributed by atoms with van der Waals surface area (Å²) in [6, 6.07) is 13.4. The maximum Gasteiger partial charge on any atom is 0.337 e. The molecule has 33 heavy (non-hydrogen) atoms. The van der Waals surface area contributed by atoms with E-state index >= 15 is 0 Å². The molecule has 3 rings (SSSR count). The molecule has 2 aromatic rings. The highest BCUT2D eigenvalue weighted by molar-refractivity contribution is 5.95. The van der Waals surface area contributed by atoms with Gasteiger partial charge in [0.25, 0.3) is 0 Å². The molecule has 0 saturated heterocycles. The number of hydrogen-bond donors (Lipinski definition) is 2. The van der Waals surface area contributed by atoms with E-state index in [0.717, 1.165) is 17.7 Å². The number of rotatable bonds is 8. The molecule has 1 unspecified atom stereocenters. The van der Waals surface area contributed by atoms with E-state index in [-0.39, 0.29) is 18.4 Å². The zero-order valence-corrected chi connectivity index (χ0v) is 19.3. The summed E-state index contributed by atoms with van der Waals surface area (Å²) in [5, 5.41) is 5.78. The lowest BCUT2D eigenvalue weighted by atomic mass is 9.94.